The molecule has 2 aromatic rings. The summed E-state index contributed by atoms with van der Waals surface area (Å²) in [6.07, 6.45) is 0. The van der Waals surface area contributed by atoms with Crippen LogP contribution in [0, 0.1) is 0 Å². The molecule has 5 heteroatoms. The van der Waals surface area contributed by atoms with Crippen molar-refractivity contribution in [2.45, 2.75) is 0 Å². The van der Waals surface area contributed by atoms with Crippen molar-refractivity contribution in [3.63, 3.8) is 0 Å². The van der Waals surface area contributed by atoms with E-state index < -0.39 is 0 Å². The lowest BCUT2D eigenvalue weighted by atomic mass is 10.3. The maximum Gasteiger partial charge on any atom is 0.147 e. The molecular formula is C14H15BrN2O2. The van der Waals surface area contributed by atoms with Crippen molar-refractivity contribution in [3.05, 3.63) is 46.9 Å². The number of methoxy groups -OCH3 is 2. The molecule has 0 aliphatic carbocycles. The maximum atomic E-state index is 5.31. The first-order valence-electron chi connectivity index (χ1n) is 5.72. The molecule has 0 aromatic heterocycles. The normalized spacial score (nSPS) is 9.84. The number of hydrogen-bond acceptors (Lipinski definition) is 4. The molecule has 0 atom stereocenters. The van der Waals surface area contributed by atoms with E-state index in [0.717, 1.165) is 21.6 Å². The maximum absolute atomic E-state index is 5.31. The smallest absolute Gasteiger partial charge is 0.147 e. The van der Waals surface area contributed by atoms with Crippen LogP contribution in [0.1, 0.15) is 0 Å². The quantitative estimate of drug-likeness (QED) is 0.819. The van der Waals surface area contributed by atoms with Crippen molar-refractivity contribution in [1.82, 2.24) is 0 Å². The summed E-state index contributed by atoms with van der Waals surface area (Å²) in [6.45, 7) is 0. The van der Waals surface area contributed by atoms with E-state index in [0.29, 0.717) is 5.75 Å². The van der Waals surface area contributed by atoms with Gasteiger partial charge in [-0.15, -0.1) is 0 Å². The zero-order chi connectivity index (χ0) is 13.7. The zero-order valence-electron chi connectivity index (χ0n) is 10.7. The Labute approximate surface area is 120 Å². The molecule has 0 radical (unpaired) electrons. The van der Waals surface area contributed by atoms with Gasteiger partial charge in [0, 0.05) is 10.5 Å². The summed E-state index contributed by atoms with van der Waals surface area (Å²) < 4.78 is 11.5. The second kappa shape index (κ2) is 6.33. The fourth-order valence-corrected chi connectivity index (χ4v) is 2.01. The molecule has 2 N–H and O–H groups in total. The highest BCUT2D eigenvalue weighted by Crippen LogP contribution is 2.29. The molecule has 0 fully saturated rings. The summed E-state index contributed by atoms with van der Waals surface area (Å²) >= 11 is 3.43. The van der Waals surface area contributed by atoms with E-state index in [-0.39, 0.29) is 0 Å². The fourth-order valence-electron chi connectivity index (χ4n) is 1.61. The zero-order valence-corrected chi connectivity index (χ0v) is 12.3. The van der Waals surface area contributed by atoms with Crippen molar-refractivity contribution in [3.8, 4) is 11.5 Å². The number of ether oxygens (including phenoxy) is 2. The topological polar surface area (TPSA) is 42.5 Å². The van der Waals surface area contributed by atoms with Crippen LogP contribution in [0.5, 0.6) is 11.5 Å². The van der Waals surface area contributed by atoms with Gasteiger partial charge in [-0.25, -0.2) is 0 Å². The van der Waals surface area contributed by atoms with Crippen LogP contribution < -0.4 is 20.3 Å². The summed E-state index contributed by atoms with van der Waals surface area (Å²) in [5.74, 6) is 1.46. The van der Waals surface area contributed by atoms with Crippen LogP contribution in [-0.4, -0.2) is 14.2 Å². The van der Waals surface area contributed by atoms with E-state index in [2.05, 4.69) is 26.8 Å². The van der Waals surface area contributed by atoms with Crippen LogP contribution >= 0.6 is 15.9 Å². The predicted octanol–water partition coefficient (Wildman–Crippen LogP) is 3.91. The van der Waals surface area contributed by atoms with E-state index >= 15 is 0 Å². The van der Waals surface area contributed by atoms with Crippen molar-refractivity contribution in [2.75, 3.05) is 25.1 Å². The molecule has 0 bridgehead atoms. The van der Waals surface area contributed by atoms with Gasteiger partial charge in [0.2, 0.25) is 0 Å². The Morgan fingerprint density at radius 2 is 1.79 bits per heavy atom. The van der Waals surface area contributed by atoms with Crippen LogP contribution in [-0.2, 0) is 0 Å². The highest BCUT2D eigenvalue weighted by molar-refractivity contribution is 9.10. The Morgan fingerprint density at radius 1 is 0.947 bits per heavy atom. The lowest BCUT2D eigenvalue weighted by Crippen LogP contribution is -2.09. The molecule has 0 saturated carbocycles. The molecule has 0 aliphatic rings. The van der Waals surface area contributed by atoms with Gasteiger partial charge in [-0.2, -0.15) is 0 Å². The van der Waals surface area contributed by atoms with Crippen molar-refractivity contribution in [1.29, 1.82) is 0 Å². The summed E-state index contributed by atoms with van der Waals surface area (Å²) in [4.78, 5) is 0. The monoisotopic (exact) mass is 322 g/mol. The Hall–Kier alpha value is -1.88. The van der Waals surface area contributed by atoms with Crippen LogP contribution in [0.25, 0.3) is 0 Å². The molecule has 0 unspecified atom stereocenters. The lowest BCUT2D eigenvalue weighted by Gasteiger charge is -2.14. The van der Waals surface area contributed by atoms with E-state index in [9.17, 15) is 0 Å². The molecular weight excluding hydrogens is 308 g/mol. The van der Waals surface area contributed by atoms with Gasteiger partial charge in [0.05, 0.1) is 25.6 Å². The minimum Gasteiger partial charge on any atom is -0.497 e. The first kappa shape index (κ1) is 13.5. The summed E-state index contributed by atoms with van der Waals surface area (Å²) in [6, 6.07) is 13.5. The Kier molecular flexibility index (Phi) is 4.52. The molecule has 100 valence electrons. The third kappa shape index (κ3) is 3.54. The Balaban J connectivity index is 2.11. The van der Waals surface area contributed by atoms with Gasteiger partial charge in [-0.05, 0) is 30.3 Å². The van der Waals surface area contributed by atoms with Gasteiger partial charge < -0.3 is 14.9 Å². The standard InChI is InChI=1S/C14H15BrN2O2/c1-18-12-6-7-13(14(9-12)19-2)17-16-11-5-3-4-10(15)8-11/h3-9,16-17H,1-2H3. The third-order valence-corrected chi connectivity index (χ3v) is 3.07. The van der Waals surface area contributed by atoms with Gasteiger partial charge in [-0.1, -0.05) is 22.0 Å². The predicted molar refractivity (Wildman–Crippen MR) is 80.9 cm³/mol. The summed E-state index contributed by atoms with van der Waals surface area (Å²) in [7, 11) is 3.25. The molecule has 2 aromatic carbocycles. The van der Waals surface area contributed by atoms with Crippen molar-refractivity contribution >= 4 is 27.3 Å². The Morgan fingerprint density at radius 3 is 2.47 bits per heavy atom. The lowest BCUT2D eigenvalue weighted by molar-refractivity contribution is 0.395. The van der Waals surface area contributed by atoms with Gasteiger partial charge in [-0.3, -0.25) is 5.43 Å². The first-order chi connectivity index (χ1) is 9.22. The molecule has 19 heavy (non-hydrogen) atoms. The number of anilines is 2. The van der Waals surface area contributed by atoms with E-state index in [1.807, 2.05) is 42.5 Å². The fraction of sp³-hybridized carbons (Fsp3) is 0.143. The van der Waals surface area contributed by atoms with Crippen LogP contribution in [0.3, 0.4) is 0 Å². The number of nitrogens with one attached hydrogen (secondary N) is 2. The largest absolute Gasteiger partial charge is 0.497 e. The highest BCUT2D eigenvalue weighted by Gasteiger charge is 2.04. The van der Waals surface area contributed by atoms with E-state index in [1.165, 1.54) is 0 Å². The molecule has 2 rings (SSSR count). The number of benzene rings is 2. The third-order valence-electron chi connectivity index (χ3n) is 2.57. The average molecular weight is 323 g/mol. The van der Waals surface area contributed by atoms with Crippen LogP contribution in [0.4, 0.5) is 11.4 Å². The van der Waals surface area contributed by atoms with Gasteiger partial charge in [0.25, 0.3) is 0 Å². The van der Waals surface area contributed by atoms with E-state index in [1.54, 1.807) is 14.2 Å². The second-order valence-electron chi connectivity index (χ2n) is 3.83. The number of hydrazine groups is 1. The number of hydrogen-bond donors (Lipinski definition) is 2. The average Bonchev–Trinajstić information content (AvgIpc) is 2.45. The first-order valence-corrected chi connectivity index (χ1v) is 6.52. The molecule has 0 amide bonds. The molecule has 0 saturated heterocycles. The van der Waals surface area contributed by atoms with Crippen molar-refractivity contribution in [2.24, 2.45) is 0 Å². The van der Waals surface area contributed by atoms with Gasteiger partial charge in [0.1, 0.15) is 11.5 Å². The van der Waals surface area contributed by atoms with Crippen molar-refractivity contribution < 1.29 is 9.47 Å². The second-order valence-corrected chi connectivity index (χ2v) is 4.74. The SMILES string of the molecule is COc1ccc(NNc2cccc(Br)c2)c(OC)c1. The summed E-state index contributed by atoms with van der Waals surface area (Å²) in [5, 5.41) is 0. The van der Waals surface area contributed by atoms with Crippen LogP contribution in [0.2, 0.25) is 0 Å². The molecule has 0 heterocycles. The minimum absolute atomic E-state index is 0.710. The number of halogens is 1. The minimum atomic E-state index is 0.710. The summed E-state index contributed by atoms with van der Waals surface area (Å²) in [5.41, 5.74) is 8.01. The molecule has 4 nitrogen and oxygen atoms in total. The highest BCUT2D eigenvalue weighted by atomic mass is 79.9. The number of rotatable bonds is 5. The Bertz CT molecular complexity index is 561. The molecule has 0 aliphatic heterocycles. The van der Waals surface area contributed by atoms with Gasteiger partial charge >= 0.3 is 0 Å². The van der Waals surface area contributed by atoms with Crippen LogP contribution in [0.15, 0.2) is 46.9 Å². The molecule has 0 spiro atoms. The van der Waals surface area contributed by atoms with Gasteiger partial charge in [0.15, 0.2) is 0 Å². The van der Waals surface area contributed by atoms with E-state index in [4.69, 9.17) is 9.47 Å².